The van der Waals surface area contributed by atoms with Crippen LogP contribution in [0.4, 0.5) is 0 Å². The molecule has 2 aliphatic carbocycles. The number of nitrogens with one attached hydrogen (secondary N) is 1. The Labute approximate surface area is 111 Å². The highest BCUT2D eigenvalue weighted by atomic mass is 14.9. The summed E-state index contributed by atoms with van der Waals surface area (Å²) in [6.45, 7) is 5.98. The molecule has 3 rings (SSSR count). The van der Waals surface area contributed by atoms with Crippen LogP contribution in [0.3, 0.4) is 0 Å². The molecule has 0 saturated heterocycles. The van der Waals surface area contributed by atoms with Crippen LogP contribution in [-0.4, -0.2) is 6.04 Å². The fourth-order valence-corrected chi connectivity index (χ4v) is 4.36. The van der Waals surface area contributed by atoms with Crippen LogP contribution in [0.5, 0.6) is 0 Å². The van der Waals surface area contributed by atoms with E-state index in [9.17, 15) is 0 Å². The lowest BCUT2D eigenvalue weighted by Crippen LogP contribution is -2.40. The molecule has 2 saturated carbocycles. The highest BCUT2D eigenvalue weighted by Gasteiger charge is 2.47. The smallest absolute Gasteiger partial charge is 0.0208 e. The van der Waals surface area contributed by atoms with Crippen molar-refractivity contribution >= 4 is 0 Å². The van der Waals surface area contributed by atoms with Crippen LogP contribution in [0.2, 0.25) is 0 Å². The van der Waals surface area contributed by atoms with E-state index < -0.39 is 0 Å². The Kier molecular flexibility index (Phi) is 3.43. The number of fused-ring (bicyclic) bond motifs is 2. The van der Waals surface area contributed by atoms with Gasteiger partial charge in [0.05, 0.1) is 0 Å². The van der Waals surface area contributed by atoms with Gasteiger partial charge >= 0.3 is 0 Å². The molecule has 0 spiro atoms. The zero-order chi connectivity index (χ0) is 12.5. The third-order valence-electron chi connectivity index (χ3n) is 5.56. The van der Waals surface area contributed by atoms with Crippen molar-refractivity contribution in [1.29, 1.82) is 0 Å². The van der Waals surface area contributed by atoms with Crippen LogP contribution in [0.15, 0.2) is 30.3 Å². The van der Waals surface area contributed by atoms with Crippen molar-refractivity contribution in [3.8, 4) is 0 Å². The van der Waals surface area contributed by atoms with Crippen LogP contribution in [0, 0.1) is 23.7 Å². The third-order valence-corrected chi connectivity index (χ3v) is 5.56. The van der Waals surface area contributed by atoms with Crippen molar-refractivity contribution in [2.24, 2.45) is 23.7 Å². The van der Waals surface area contributed by atoms with E-state index >= 15 is 0 Å². The van der Waals surface area contributed by atoms with E-state index in [2.05, 4.69) is 49.5 Å². The van der Waals surface area contributed by atoms with Gasteiger partial charge in [-0.1, -0.05) is 50.6 Å². The van der Waals surface area contributed by atoms with Gasteiger partial charge in [-0.05, 0) is 42.1 Å². The maximum atomic E-state index is 3.86. The molecule has 2 aliphatic rings. The normalized spacial score (nSPS) is 38.9. The lowest BCUT2D eigenvalue weighted by molar-refractivity contribution is 0.234. The molecular weight excluding hydrogens is 218 g/mol. The zero-order valence-electron chi connectivity index (χ0n) is 11.6. The molecule has 1 N–H and O–H groups in total. The fourth-order valence-electron chi connectivity index (χ4n) is 4.36. The Morgan fingerprint density at radius 3 is 2.22 bits per heavy atom. The van der Waals surface area contributed by atoms with Gasteiger partial charge in [0.2, 0.25) is 0 Å². The van der Waals surface area contributed by atoms with E-state index in [1.54, 1.807) is 0 Å². The van der Waals surface area contributed by atoms with E-state index in [1.807, 2.05) is 0 Å². The summed E-state index contributed by atoms with van der Waals surface area (Å²) in [4.78, 5) is 0. The summed E-state index contributed by atoms with van der Waals surface area (Å²) in [5.41, 5.74) is 1.42. The molecule has 1 nitrogen and oxygen atoms in total. The molecule has 2 bridgehead atoms. The Bertz CT molecular complexity index is 370. The molecule has 0 radical (unpaired) electrons. The minimum Gasteiger partial charge on any atom is -0.309 e. The van der Waals surface area contributed by atoms with Crippen LogP contribution >= 0.6 is 0 Å². The topological polar surface area (TPSA) is 12.0 Å². The maximum Gasteiger partial charge on any atom is 0.0208 e. The highest BCUT2D eigenvalue weighted by Crippen LogP contribution is 2.49. The minimum absolute atomic E-state index is 0.768. The largest absolute Gasteiger partial charge is 0.309 e. The van der Waals surface area contributed by atoms with Crippen molar-refractivity contribution in [3.05, 3.63) is 35.9 Å². The monoisotopic (exact) mass is 243 g/mol. The summed E-state index contributed by atoms with van der Waals surface area (Å²) < 4.78 is 0. The Morgan fingerprint density at radius 2 is 1.61 bits per heavy atom. The third kappa shape index (κ3) is 2.09. The van der Waals surface area contributed by atoms with Crippen LogP contribution in [0.1, 0.15) is 38.7 Å². The summed E-state index contributed by atoms with van der Waals surface area (Å²) in [6.07, 6.45) is 4.33. The van der Waals surface area contributed by atoms with E-state index in [0.29, 0.717) is 0 Å². The van der Waals surface area contributed by atoms with Gasteiger partial charge in [0.25, 0.3) is 0 Å². The van der Waals surface area contributed by atoms with E-state index in [4.69, 9.17) is 0 Å². The predicted molar refractivity (Wildman–Crippen MR) is 76.2 cm³/mol. The second-order valence-electron chi connectivity index (χ2n) is 6.37. The molecule has 2 fully saturated rings. The second-order valence-corrected chi connectivity index (χ2v) is 6.37. The molecule has 1 aromatic carbocycles. The van der Waals surface area contributed by atoms with Crippen LogP contribution < -0.4 is 5.32 Å². The summed E-state index contributed by atoms with van der Waals surface area (Å²) in [5, 5.41) is 3.86. The van der Waals surface area contributed by atoms with Crippen molar-refractivity contribution in [3.63, 3.8) is 0 Å². The van der Waals surface area contributed by atoms with Gasteiger partial charge in [-0.25, -0.2) is 0 Å². The molecule has 18 heavy (non-hydrogen) atoms. The SMILES string of the molecule is C[C@@H]1C2CCCC(C2NCc2ccccc2)[C@@H]1C. The molecule has 5 atom stereocenters. The lowest BCUT2D eigenvalue weighted by Gasteiger charge is -2.32. The van der Waals surface area contributed by atoms with Gasteiger partial charge < -0.3 is 5.32 Å². The first-order chi connectivity index (χ1) is 8.77. The Morgan fingerprint density at radius 1 is 1.00 bits per heavy atom. The Hall–Kier alpha value is -0.820. The second kappa shape index (κ2) is 5.05. The van der Waals surface area contributed by atoms with Crippen molar-refractivity contribution in [2.45, 2.75) is 45.7 Å². The summed E-state index contributed by atoms with van der Waals surface area (Å²) in [7, 11) is 0. The number of rotatable bonds is 3. The molecule has 0 aliphatic heterocycles. The number of hydrogen-bond donors (Lipinski definition) is 1. The molecule has 0 heterocycles. The molecular formula is C17H25N. The van der Waals surface area contributed by atoms with Crippen molar-refractivity contribution < 1.29 is 0 Å². The molecule has 1 aromatic rings. The standard InChI is InChI=1S/C17H25N/c1-12-13(2)16-10-6-9-15(12)17(16)18-11-14-7-4-3-5-8-14/h3-5,7-8,12-13,15-18H,6,9-11H2,1-2H3/t12-,13+,15?,16?,17?. The van der Waals surface area contributed by atoms with E-state index in [-0.39, 0.29) is 0 Å². The fraction of sp³-hybridized carbons (Fsp3) is 0.647. The average molecular weight is 243 g/mol. The van der Waals surface area contributed by atoms with E-state index in [0.717, 1.165) is 36.3 Å². The van der Waals surface area contributed by atoms with Gasteiger partial charge in [-0.3, -0.25) is 0 Å². The molecule has 1 heteroatoms. The quantitative estimate of drug-likeness (QED) is 0.850. The van der Waals surface area contributed by atoms with Crippen molar-refractivity contribution in [1.82, 2.24) is 5.32 Å². The first-order valence-electron chi connectivity index (χ1n) is 7.54. The maximum absolute atomic E-state index is 3.86. The summed E-state index contributed by atoms with van der Waals surface area (Å²) >= 11 is 0. The van der Waals surface area contributed by atoms with Gasteiger partial charge in [0.15, 0.2) is 0 Å². The lowest BCUT2D eigenvalue weighted by atomic mass is 9.82. The molecule has 3 unspecified atom stereocenters. The Balaban J connectivity index is 1.66. The predicted octanol–water partition coefficient (Wildman–Crippen LogP) is 3.85. The number of hydrogen-bond acceptors (Lipinski definition) is 1. The van der Waals surface area contributed by atoms with Gasteiger partial charge in [0, 0.05) is 12.6 Å². The van der Waals surface area contributed by atoms with E-state index in [1.165, 1.54) is 24.8 Å². The zero-order valence-corrected chi connectivity index (χ0v) is 11.6. The molecule has 0 aromatic heterocycles. The van der Waals surface area contributed by atoms with Gasteiger partial charge in [0.1, 0.15) is 0 Å². The minimum atomic E-state index is 0.768. The van der Waals surface area contributed by atoms with Gasteiger partial charge in [-0.15, -0.1) is 0 Å². The molecule has 98 valence electrons. The van der Waals surface area contributed by atoms with Gasteiger partial charge in [-0.2, -0.15) is 0 Å². The van der Waals surface area contributed by atoms with Crippen molar-refractivity contribution in [2.75, 3.05) is 0 Å². The first kappa shape index (κ1) is 12.2. The first-order valence-corrected chi connectivity index (χ1v) is 7.54. The highest BCUT2D eigenvalue weighted by molar-refractivity contribution is 5.15. The van der Waals surface area contributed by atoms with Crippen LogP contribution in [0.25, 0.3) is 0 Å². The molecule has 0 amide bonds. The summed E-state index contributed by atoms with van der Waals surface area (Å²) in [6, 6.07) is 11.6. The average Bonchev–Trinajstić information content (AvgIpc) is 2.55. The van der Waals surface area contributed by atoms with Crippen LogP contribution in [-0.2, 0) is 6.54 Å². The number of benzene rings is 1. The summed E-state index contributed by atoms with van der Waals surface area (Å²) in [5.74, 6) is 3.65.